The summed E-state index contributed by atoms with van der Waals surface area (Å²) in [6.45, 7) is 6.56. The number of alkyl carbamates (subject to hydrolysis) is 2. The first-order chi connectivity index (χ1) is 13.4. The molecule has 0 aliphatic rings. The third-order valence-electron chi connectivity index (χ3n) is 4.42. The van der Waals surface area contributed by atoms with Crippen molar-refractivity contribution in [2.24, 2.45) is 0 Å². The van der Waals surface area contributed by atoms with Crippen LogP contribution in [0.15, 0.2) is 24.3 Å². The number of benzene rings is 1. The van der Waals surface area contributed by atoms with E-state index in [2.05, 4.69) is 10.6 Å². The summed E-state index contributed by atoms with van der Waals surface area (Å²) in [6.07, 6.45) is -1.05. The van der Waals surface area contributed by atoms with Crippen molar-refractivity contribution >= 4 is 12.2 Å². The van der Waals surface area contributed by atoms with Crippen molar-refractivity contribution in [1.29, 1.82) is 0 Å². The number of nitrogens with one attached hydrogen (secondary N) is 2. The van der Waals surface area contributed by atoms with E-state index in [1.165, 1.54) is 14.1 Å². The standard InChI is InChI=1S/C20H27N3O5/c1-6-26-16-9-7-15(8-10-16)23-13(2)17(11-27-19(24)21-4)18(14(23)3)12-28-20(25)22-5/h7-10H,6,11-12H2,1-5H3,(H,21,24)(H,22,25). The van der Waals surface area contributed by atoms with E-state index in [4.69, 9.17) is 14.2 Å². The van der Waals surface area contributed by atoms with Gasteiger partial charge in [0.1, 0.15) is 19.0 Å². The molecule has 1 aromatic heterocycles. The lowest BCUT2D eigenvalue weighted by Gasteiger charge is -2.11. The summed E-state index contributed by atoms with van der Waals surface area (Å²) in [5.41, 5.74) is 4.35. The molecule has 0 atom stereocenters. The van der Waals surface area contributed by atoms with Crippen LogP contribution in [-0.2, 0) is 22.7 Å². The molecule has 1 aromatic carbocycles. The Morgan fingerprint density at radius 3 is 1.75 bits per heavy atom. The van der Waals surface area contributed by atoms with Gasteiger partial charge in [0.15, 0.2) is 0 Å². The van der Waals surface area contributed by atoms with Crippen LogP contribution in [0.3, 0.4) is 0 Å². The van der Waals surface area contributed by atoms with Crippen LogP contribution < -0.4 is 15.4 Å². The number of ether oxygens (including phenoxy) is 3. The Kier molecular flexibility index (Phi) is 7.31. The Balaban J connectivity index is 2.42. The predicted molar refractivity (Wildman–Crippen MR) is 105 cm³/mol. The van der Waals surface area contributed by atoms with E-state index in [9.17, 15) is 9.59 Å². The molecule has 8 heteroatoms. The first-order valence-corrected chi connectivity index (χ1v) is 9.04. The highest BCUT2D eigenvalue weighted by Gasteiger charge is 2.21. The molecule has 2 N–H and O–H groups in total. The molecule has 152 valence electrons. The Morgan fingerprint density at radius 2 is 1.36 bits per heavy atom. The number of nitrogens with zero attached hydrogens (tertiary/aromatic N) is 1. The van der Waals surface area contributed by atoms with E-state index in [0.29, 0.717) is 6.61 Å². The minimum Gasteiger partial charge on any atom is -0.494 e. The molecular weight excluding hydrogens is 362 g/mol. The lowest BCUT2D eigenvalue weighted by atomic mass is 10.1. The summed E-state index contributed by atoms with van der Waals surface area (Å²) in [6, 6.07) is 7.72. The first-order valence-electron chi connectivity index (χ1n) is 9.04. The van der Waals surface area contributed by atoms with Gasteiger partial charge in [-0.2, -0.15) is 0 Å². The minimum absolute atomic E-state index is 0.0722. The topological polar surface area (TPSA) is 90.8 Å². The Bertz CT molecular complexity index is 784. The lowest BCUT2D eigenvalue weighted by Crippen LogP contribution is -2.20. The van der Waals surface area contributed by atoms with Crippen LogP contribution in [0.4, 0.5) is 9.59 Å². The molecule has 2 amide bonds. The van der Waals surface area contributed by atoms with Gasteiger partial charge in [-0.15, -0.1) is 0 Å². The van der Waals surface area contributed by atoms with Gasteiger partial charge in [0.2, 0.25) is 0 Å². The van der Waals surface area contributed by atoms with Crippen LogP contribution in [0.25, 0.3) is 5.69 Å². The van der Waals surface area contributed by atoms with E-state index in [1.54, 1.807) is 0 Å². The van der Waals surface area contributed by atoms with Gasteiger partial charge in [-0.05, 0) is 45.0 Å². The second kappa shape index (κ2) is 9.68. The zero-order chi connectivity index (χ0) is 20.7. The van der Waals surface area contributed by atoms with E-state index in [-0.39, 0.29) is 13.2 Å². The molecule has 0 radical (unpaired) electrons. The fourth-order valence-corrected chi connectivity index (χ4v) is 3.01. The summed E-state index contributed by atoms with van der Waals surface area (Å²) in [5, 5.41) is 4.86. The molecule has 0 bridgehead atoms. The molecule has 0 aliphatic carbocycles. The lowest BCUT2D eigenvalue weighted by molar-refractivity contribution is 0.134. The van der Waals surface area contributed by atoms with Crippen molar-refractivity contribution in [1.82, 2.24) is 15.2 Å². The molecule has 2 aromatic rings. The number of carbonyl (C=O) groups is 2. The van der Waals surface area contributed by atoms with Crippen LogP contribution in [0.1, 0.15) is 29.4 Å². The highest BCUT2D eigenvalue weighted by molar-refractivity contribution is 5.67. The van der Waals surface area contributed by atoms with Crippen LogP contribution in [-0.4, -0.2) is 37.5 Å². The van der Waals surface area contributed by atoms with Gasteiger partial charge in [0.05, 0.1) is 6.61 Å². The number of amides is 2. The van der Waals surface area contributed by atoms with Gasteiger partial charge in [0, 0.05) is 42.3 Å². The molecule has 0 saturated heterocycles. The van der Waals surface area contributed by atoms with Crippen LogP contribution in [0.2, 0.25) is 0 Å². The Morgan fingerprint density at radius 1 is 0.893 bits per heavy atom. The van der Waals surface area contributed by atoms with Crippen molar-refractivity contribution in [3.63, 3.8) is 0 Å². The molecule has 0 saturated carbocycles. The van der Waals surface area contributed by atoms with Crippen LogP contribution >= 0.6 is 0 Å². The predicted octanol–water partition coefficient (Wildman–Crippen LogP) is 3.20. The molecule has 2 rings (SSSR count). The van der Waals surface area contributed by atoms with Crippen molar-refractivity contribution in [2.45, 2.75) is 34.0 Å². The normalized spacial score (nSPS) is 10.3. The zero-order valence-electron chi connectivity index (χ0n) is 16.9. The maximum absolute atomic E-state index is 11.5. The third kappa shape index (κ3) is 4.76. The molecular formula is C20H27N3O5. The third-order valence-corrected chi connectivity index (χ3v) is 4.42. The van der Waals surface area contributed by atoms with Gasteiger partial charge < -0.3 is 29.4 Å². The number of rotatable bonds is 7. The largest absolute Gasteiger partial charge is 0.494 e. The van der Waals surface area contributed by atoms with E-state index in [0.717, 1.165) is 34.0 Å². The maximum atomic E-state index is 11.5. The van der Waals surface area contributed by atoms with Gasteiger partial charge in [-0.3, -0.25) is 0 Å². The molecule has 8 nitrogen and oxygen atoms in total. The summed E-state index contributed by atoms with van der Waals surface area (Å²) in [7, 11) is 3.00. The summed E-state index contributed by atoms with van der Waals surface area (Å²) < 4.78 is 18.0. The van der Waals surface area contributed by atoms with Crippen molar-refractivity contribution < 1.29 is 23.8 Å². The van der Waals surface area contributed by atoms with Gasteiger partial charge in [-0.25, -0.2) is 9.59 Å². The van der Waals surface area contributed by atoms with Crippen molar-refractivity contribution in [3.8, 4) is 11.4 Å². The zero-order valence-corrected chi connectivity index (χ0v) is 16.9. The maximum Gasteiger partial charge on any atom is 0.407 e. The van der Waals surface area contributed by atoms with E-state index >= 15 is 0 Å². The SMILES string of the molecule is CCOc1ccc(-n2c(C)c(COC(=O)NC)c(COC(=O)NC)c2C)cc1. The summed E-state index contributed by atoms with van der Waals surface area (Å²) in [4.78, 5) is 23.1. The van der Waals surface area contributed by atoms with Crippen molar-refractivity contribution in [3.05, 3.63) is 46.8 Å². The fourth-order valence-electron chi connectivity index (χ4n) is 3.01. The second-order valence-corrected chi connectivity index (χ2v) is 6.04. The number of aromatic nitrogens is 1. The minimum atomic E-state index is -0.524. The average molecular weight is 389 g/mol. The summed E-state index contributed by atoms with van der Waals surface area (Å²) in [5.74, 6) is 0.792. The molecule has 0 aliphatic heterocycles. The van der Waals surface area contributed by atoms with Crippen LogP contribution in [0.5, 0.6) is 5.75 Å². The second-order valence-electron chi connectivity index (χ2n) is 6.04. The molecule has 0 spiro atoms. The quantitative estimate of drug-likeness (QED) is 0.759. The summed E-state index contributed by atoms with van der Waals surface area (Å²) >= 11 is 0. The van der Waals surface area contributed by atoms with Crippen LogP contribution in [0, 0.1) is 13.8 Å². The van der Waals surface area contributed by atoms with E-state index in [1.807, 2.05) is 49.6 Å². The number of hydrogen-bond donors (Lipinski definition) is 2. The van der Waals surface area contributed by atoms with Gasteiger partial charge in [0.25, 0.3) is 0 Å². The monoisotopic (exact) mass is 389 g/mol. The molecule has 0 fully saturated rings. The first kappa shape index (κ1) is 21.1. The number of hydrogen-bond acceptors (Lipinski definition) is 5. The molecule has 1 heterocycles. The highest BCUT2D eigenvalue weighted by Crippen LogP contribution is 2.28. The van der Waals surface area contributed by atoms with Gasteiger partial charge in [-0.1, -0.05) is 0 Å². The number of carbonyl (C=O) groups excluding carboxylic acids is 2. The Labute approximate surface area is 164 Å². The van der Waals surface area contributed by atoms with Gasteiger partial charge >= 0.3 is 12.2 Å². The smallest absolute Gasteiger partial charge is 0.407 e. The Hall–Kier alpha value is -3.16. The van der Waals surface area contributed by atoms with E-state index < -0.39 is 12.2 Å². The molecule has 0 unspecified atom stereocenters. The highest BCUT2D eigenvalue weighted by atomic mass is 16.6. The fraction of sp³-hybridized carbons (Fsp3) is 0.400. The van der Waals surface area contributed by atoms with Crippen molar-refractivity contribution in [2.75, 3.05) is 20.7 Å². The molecule has 28 heavy (non-hydrogen) atoms. The average Bonchev–Trinajstić information content (AvgIpc) is 2.94.